The molecule has 7 heteroatoms. The molecule has 4 N–H and O–H groups in total. The molecule has 0 radical (unpaired) electrons. The van der Waals surface area contributed by atoms with E-state index in [0.717, 1.165) is 5.56 Å². The van der Waals surface area contributed by atoms with Gasteiger partial charge >= 0.3 is 0 Å². The molecule has 0 saturated carbocycles. The molecule has 1 aromatic carbocycles. The third-order valence-electron chi connectivity index (χ3n) is 2.72. The van der Waals surface area contributed by atoms with Crippen LogP contribution in [0.25, 0.3) is 0 Å². The zero-order valence-corrected chi connectivity index (χ0v) is 12.9. The van der Waals surface area contributed by atoms with Crippen LogP contribution in [0.2, 0.25) is 0 Å². The third-order valence-corrected chi connectivity index (χ3v) is 2.72. The van der Waals surface area contributed by atoms with Crippen LogP contribution in [0.3, 0.4) is 0 Å². The topological polar surface area (TPSA) is 93.4 Å². The van der Waals surface area contributed by atoms with Crippen molar-refractivity contribution in [2.24, 2.45) is 5.73 Å². The van der Waals surface area contributed by atoms with Crippen LogP contribution in [-0.2, 0) is 16.0 Å². The molecule has 0 saturated heterocycles. The lowest BCUT2D eigenvalue weighted by molar-refractivity contribution is -0.120. The number of nitrogens with two attached hydrogens (primary N) is 1. The summed E-state index contributed by atoms with van der Waals surface area (Å²) in [6.45, 7) is 2.01. The van der Waals surface area contributed by atoms with Crippen LogP contribution >= 0.6 is 12.4 Å². The largest absolute Gasteiger partial charge is 0.383 e. The Balaban J connectivity index is 0.00000400. The molecule has 0 atom stereocenters. The maximum Gasteiger partial charge on any atom is 0.248 e. The van der Waals surface area contributed by atoms with Gasteiger partial charge in [0.2, 0.25) is 11.8 Å². The molecule has 6 nitrogen and oxygen atoms in total. The standard InChI is InChI=1S/C14H21N3O3.ClH/c1-20-8-7-16-10-13(18)17-6-5-11-3-2-4-12(9-11)14(15)19;/h2-4,9,16H,5-8,10H2,1H3,(H2,15,19)(H,17,18);1H. The predicted molar refractivity (Wildman–Crippen MR) is 83.7 cm³/mol. The summed E-state index contributed by atoms with van der Waals surface area (Å²) in [5.74, 6) is -0.509. The number of halogens is 1. The summed E-state index contributed by atoms with van der Waals surface area (Å²) in [7, 11) is 1.61. The van der Waals surface area contributed by atoms with Gasteiger partial charge in [0.15, 0.2) is 0 Å². The first kappa shape index (κ1) is 19.4. The van der Waals surface area contributed by atoms with Gasteiger partial charge in [0.1, 0.15) is 0 Å². The lowest BCUT2D eigenvalue weighted by Crippen LogP contribution is -2.36. The van der Waals surface area contributed by atoms with Gasteiger partial charge in [-0.15, -0.1) is 12.4 Å². The summed E-state index contributed by atoms with van der Waals surface area (Å²) < 4.78 is 4.86. The van der Waals surface area contributed by atoms with Crippen molar-refractivity contribution in [3.05, 3.63) is 35.4 Å². The van der Waals surface area contributed by atoms with Crippen LogP contribution in [0.5, 0.6) is 0 Å². The van der Waals surface area contributed by atoms with E-state index in [1.54, 1.807) is 25.3 Å². The molecule has 21 heavy (non-hydrogen) atoms. The number of methoxy groups -OCH3 is 1. The van der Waals surface area contributed by atoms with Gasteiger partial charge in [-0.05, 0) is 24.1 Å². The van der Waals surface area contributed by atoms with Crippen molar-refractivity contribution in [2.75, 3.05) is 33.4 Å². The predicted octanol–water partition coefficient (Wildman–Crippen LogP) is 0.102. The highest BCUT2D eigenvalue weighted by molar-refractivity contribution is 5.92. The van der Waals surface area contributed by atoms with E-state index in [1.807, 2.05) is 6.07 Å². The Hall–Kier alpha value is -1.63. The molecule has 1 aromatic rings. The Morgan fingerprint density at radius 3 is 2.71 bits per heavy atom. The highest BCUT2D eigenvalue weighted by Crippen LogP contribution is 2.04. The first-order valence-electron chi connectivity index (χ1n) is 6.48. The Bertz CT molecular complexity index is 455. The second-order valence-corrected chi connectivity index (χ2v) is 4.33. The van der Waals surface area contributed by atoms with Gasteiger partial charge in [-0.2, -0.15) is 0 Å². The number of rotatable bonds is 9. The van der Waals surface area contributed by atoms with Gasteiger partial charge < -0.3 is 21.1 Å². The molecule has 1 rings (SSSR count). The SMILES string of the molecule is COCCNCC(=O)NCCc1cccc(C(N)=O)c1.Cl. The fourth-order valence-corrected chi connectivity index (χ4v) is 1.67. The molecule has 0 aliphatic carbocycles. The Kier molecular flexibility index (Phi) is 10.2. The van der Waals surface area contributed by atoms with Crippen molar-refractivity contribution < 1.29 is 14.3 Å². The van der Waals surface area contributed by atoms with E-state index in [9.17, 15) is 9.59 Å². The van der Waals surface area contributed by atoms with Crippen LogP contribution in [0.4, 0.5) is 0 Å². The summed E-state index contributed by atoms with van der Waals surface area (Å²) in [6, 6.07) is 7.09. The molecule has 118 valence electrons. The molecule has 0 heterocycles. The number of nitrogens with one attached hydrogen (secondary N) is 2. The monoisotopic (exact) mass is 315 g/mol. The van der Waals surface area contributed by atoms with Crippen molar-refractivity contribution in [2.45, 2.75) is 6.42 Å². The third kappa shape index (κ3) is 8.29. The number of primary amides is 1. The normalized spacial score (nSPS) is 9.76. The number of carbonyl (C=O) groups is 2. The van der Waals surface area contributed by atoms with Gasteiger partial charge in [-0.3, -0.25) is 9.59 Å². The molecule has 0 bridgehead atoms. The van der Waals surface area contributed by atoms with Crippen molar-refractivity contribution in [1.29, 1.82) is 0 Å². The van der Waals surface area contributed by atoms with E-state index in [2.05, 4.69) is 10.6 Å². The highest BCUT2D eigenvalue weighted by atomic mass is 35.5. The Labute approximate surface area is 130 Å². The first-order valence-corrected chi connectivity index (χ1v) is 6.48. The van der Waals surface area contributed by atoms with Gasteiger partial charge in [-0.25, -0.2) is 0 Å². The summed E-state index contributed by atoms with van der Waals surface area (Å²) in [5, 5.41) is 5.76. The Morgan fingerprint density at radius 2 is 2.05 bits per heavy atom. The first-order chi connectivity index (χ1) is 9.63. The van der Waals surface area contributed by atoms with Gasteiger partial charge in [0, 0.05) is 25.8 Å². The van der Waals surface area contributed by atoms with E-state index in [1.165, 1.54) is 0 Å². The molecule has 0 unspecified atom stereocenters. The molecule has 0 aromatic heterocycles. The second-order valence-electron chi connectivity index (χ2n) is 4.33. The Morgan fingerprint density at radius 1 is 1.29 bits per heavy atom. The number of benzene rings is 1. The quantitative estimate of drug-likeness (QED) is 0.564. The lowest BCUT2D eigenvalue weighted by Gasteiger charge is -2.07. The van der Waals surface area contributed by atoms with Crippen LogP contribution in [-0.4, -0.2) is 45.2 Å². The highest BCUT2D eigenvalue weighted by Gasteiger charge is 2.03. The van der Waals surface area contributed by atoms with Gasteiger partial charge in [0.05, 0.1) is 13.2 Å². The van der Waals surface area contributed by atoms with Crippen LogP contribution in [0.1, 0.15) is 15.9 Å². The summed E-state index contributed by atoms with van der Waals surface area (Å²) in [4.78, 5) is 22.5. The smallest absolute Gasteiger partial charge is 0.248 e. The van der Waals surface area contributed by atoms with E-state index in [0.29, 0.717) is 31.7 Å². The van der Waals surface area contributed by atoms with Gasteiger partial charge in [-0.1, -0.05) is 12.1 Å². The zero-order valence-electron chi connectivity index (χ0n) is 12.1. The van der Waals surface area contributed by atoms with E-state index < -0.39 is 5.91 Å². The van der Waals surface area contributed by atoms with Crippen LogP contribution < -0.4 is 16.4 Å². The number of hydrogen-bond acceptors (Lipinski definition) is 4. The van der Waals surface area contributed by atoms with E-state index in [4.69, 9.17) is 10.5 Å². The fourth-order valence-electron chi connectivity index (χ4n) is 1.67. The van der Waals surface area contributed by atoms with Crippen LogP contribution in [0, 0.1) is 0 Å². The molecule has 0 aliphatic rings. The van der Waals surface area contributed by atoms with E-state index in [-0.39, 0.29) is 24.9 Å². The molecular formula is C14H22ClN3O3. The maximum absolute atomic E-state index is 11.5. The van der Waals surface area contributed by atoms with Crippen LogP contribution in [0.15, 0.2) is 24.3 Å². The van der Waals surface area contributed by atoms with Gasteiger partial charge in [0.25, 0.3) is 0 Å². The summed E-state index contributed by atoms with van der Waals surface area (Å²) in [6.07, 6.45) is 0.658. The molecule has 0 spiro atoms. The van der Waals surface area contributed by atoms with Crippen molar-refractivity contribution in [3.8, 4) is 0 Å². The minimum Gasteiger partial charge on any atom is -0.383 e. The van der Waals surface area contributed by atoms with Crippen molar-refractivity contribution >= 4 is 24.2 Å². The van der Waals surface area contributed by atoms with E-state index >= 15 is 0 Å². The molecule has 0 aliphatic heterocycles. The average molecular weight is 316 g/mol. The van der Waals surface area contributed by atoms with Crippen molar-refractivity contribution in [1.82, 2.24) is 10.6 Å². The lowest BCUT2D eigenvalue weighted by atomic mass is 10.1. The summed E-state index contributed by atoms with van der Waals surface area (Å²) >= 11 is 0. The minimum atomic E-state index is -0.446. The number of amides is 2. The van der Waals surface area contributed by atoms with Crippen molar-refractivity contribution in [3.63, 3.8) is 0 Å². The zero-order chi connectivity index (χ0) is 14.8. The minimum absolute atomic E-state index is 0. The average Bonchev–Trinajstić information content (AvgIpc) is 2.44. The number of hydrogen-bond donors (Lipinski definition) is 3. The number of carbonyl (C=O) groups excluding carboxylic acids is 2. The molecule has 0 fully saturated rings. The molecule has 2 amide bonds. The maximum atomic E-state index is 11.5. The number of ether oxygens (including phenoxy) is 1. The molecular weight excluding hydrogens is 294 g/mol. The fraction of sp³-hybridized carbons (Fsp3) is 0.429. The summed E-state index contributed by atoms with van der Waals surface area (Å²) in [5.41, 5.74) is 6.66. The second kappa shape index (κ2) is 11.1.